The molecule has 1 aromatic heterocycles. The minimum atomic E-state index is -0.930. The van der Waals surface area contributed by atoms with E-state index in [1.807, 2.05) is 42.5 Å². The molecule has 0 fully saturated rings. The van der Waals surface area contributed by atoms with Crippen LogP contribution in [0.5, 0.6) is 46.0 Å². The Bertz CT molecular complexity index is 6300. The number of pyridine rings is 1. The first-order chi connectivity index (χ1) is 70.3. The van der Waals surface area contributed by atoms with Crippen LogP contribution in [0.25, 0.3) is 66.9 Å². The molecule has 3 atom stereocenters. The van der Waals surface area contributed by atoms with E-state index in [9.17, 15) is 10.2 Å². The van der Waals surface area contributed by atoms with Crippen molar-refractivity contribution in [2.24, 2.45) is 0 Å². The summed E-state index contributed by atoms with van der Waals surface area (Å²) < 4.78 is 48.5. The molecule has 2 heterocycles. The van der Waals surface area contributed by atoms with E-state index in [1.54, 1.807) is 13.1 Å². The maximum atomic E-state index is 10.7. The van der Waals surface area contributed by atoms with Gasteiger partial charge in [-0.3, -0.25) is 0 Å². The second-order valence-electron chi connectivity index (χ2n) is 39.6. The van der Waals surface area contributed by atoms with Crippen LogP contribution in [0.2, 0.25) is 0 Å². The molecule has 751 valence electrons. The fraction of sp³-hybridized carbons (Fsp3) is 0.402. The summed E-state index contributed by atoms with van der Waals surface area (Å²) in [5, 5.41) is 20.7. The van der Waals surface area contributed by atoms with Gasteiger partial charge in [-0.25, -0.2) is 0 Å². The van der Waals surface area contributed by atoms with Crippen LogP contribution in [-0.4, -0.2) is 67.0 Å². The summed E-state index contributed by atoms with van der Waals surface area (Å²) in [6.45, 7) is 21.2. The fourth-order valence-electron chi connectivity index (χ4n) is 21.4. The molecule has 0 amide bonds. The summed E-state index contributed by atoms with van der Waals surface area (Å²) in [6, 6.07) is 86.0. The average Bonchev–Trinajstić information content (AvgIpc) is 1.50. The first kappa shape index (κ1) is 108. The van der Waals surface area contributed by atoms with Gasteiger partial charge in [0, 0.05) is 50.6 Å². The van der Waals surface area contributed by atoms with E-state index in [1.165, 1.54) is 139 Å². The van der Waals surface area contributed by atoms with E-state index in [2.05, 4.69) is 288 Å². The zero-order valence-electron chi connectivity index (χ0n) is 86.6. The van der Waals surface area contributed by atoms with Crippen molar-refractivity contribution in [3.05, 3.63) is 292 Å². The quantitative estimate of drug-likeness (QED) is 0.0215. The van der Waals surface area contributed by atoms with E-state index in [0.717, 1.165) is 248 Å². The van der Waals surface area contributed by atoms with Gasteiger partial charge in [-0.05, 0) is 298 Å². The van der Waals surface area contributed by atoms with Gasteiger partial charge in [0.05, 0.1) is 67.4 Å². The van der Waals surface area contributed by atoms with Gasteiger partial charge >= 0.3 is 0 Å². The number of ether oxygens (including phenoxy) is 7. The molecule has 0 saturated carbocycles. The molecule has 12 heteroatoms. The maximum Gasteiger partial charge on any atom is 0.182 e. The van der Waals surface area contributed by atoms with Crippen LogP contribution in [0.3, 0.4) is 0 Å². The Hall–Kier alpha value is -12.2. The number of terminal acetylenes is 1. The van der Waals surface area contributed by atoms with Gasteiger partial charge in [0.25, 0.3) is 0 Å². The molecule has 16 rings (SSSR count). The standard InChI is InChI=1S/C121H141NO9.C11H8N.Ir/c1-10-16-22-28-34-43-71-125-98-60-56-95(57-61-98)120(96-58-62-99(63-59-96)126-72-44-35-29-23-17-11-2)107-80-91(52-65-101(107)102-66-54-93(81-108(102)120)94-55-69-113-115(83-94)131-114-78-89(8)51-68-112(114)122(113)70-42-40-41-49-97(124)79-90(9)123)92-53-67-103-100-64-50-88(7)77-106(100)121(109(103)82-92)110-86-118(129-75-47-38-32-26-20-14-5)116(127-73-45-36-30-24-18-12-3)84-104(110)105-85-117(128-74-46-37-31-25-19-13-4)119(87-111(105)121)130-76-48-39-33-27-21-15-6;1-2-6-10(7-3-1)11-8-4-5-9-12-11;/h5,50-69,77-78,80-87,90,97,123-124H,10-13,15-19,21-25,27-31,33-37,39-46,48-49,70-74,76,79H2,1-4,6-9H3;1-6,8-9H;/q;-1;. The number of benzene rings is 11. The molecular formula is C132H149IrN2O9-. The van der Waals surface area contributed by atoms with E-state index in [-0.39, 0.29) is 20.1 Å². The van der Waals surface area contributed by atoms with Crippen molar-refractivity contribution in [1.82, 2.24) is 4.98 Å². The van der Waals surface area contributed by atoms with E-state index in [4.69, 9.17) is 39.6 Å². The van der Waals surface area contributed by atoms with Gasteiger partial charge in [-0.2, -0.15) is 0 Å². The van der Waals surface area contributed by atoms with E-state index >= 15 is 0 Å². The monoisotopic (exact) mass is 2100 g/mol. The van der Waals surface area contributed by atoms with E-state index < -0.39 is 23.0 Å². The number of anilines is 2. The summed E-state index contributed by atoms with van der Waals surface area (Å²) in [4.78, 5) is 6.63. The zero-order chi connectivity index (χ0) is 99.4. The summed E-state index contributed by atoms with van der Waals surface area (Å²) in [6.07, 6.45) is 47.7. The molecule has 3 unspecified atom stereocenters. The maximum absolute atomic E-state index is 10.7. The van der Waals surface area contributed by atoms with Crippen LogP contribution in [0.15, 0.2) is 231 Å². The predicted molar refractivity (Wildman–Crippen MR) is 590 cm³/mol. The van der Waals surface area contributed by atoms with Crippen molar-refractivity contribution >= 4 is 11.4 Å². The number of aryl methyl sites for hydroxylation is 2. The van der Waals surface area contributed by atoms with Gasteiger partial charge in [0.15, 0.2) is 34.5 Å². The van der Waals surface area contributed by atoms with Crippen LogP contribution >= 0.6 is 0 Å². The van der Waals surface area contributed by atoms with E-state index in [0.29, 0.717) is 57.4 Å². The number of aliphatic hydroxyl groups is 2. The van der Waals surface area contributed by atoms with Crippen molar-refractivity contribution < 1.29 is 63.5 Å². The Morgan fingerprint density at radius 1 is 0.375 bits per heavy atom. The largest absolute Gasteiger partial charge is 0.494 e. The molecule has 12 aromatic rings. The van der Waals surface area contributed by atoms with Crippen molar-refractivity contribution in [1.29, 1.82) is 0 Å². The number of fused-ring (bicyclic) bond motifs is 15. The van der Waals surface area contributed by atoms with Crippen molar-refractivity contribution in [3.8, 4) is 161 Å². The molecule has 2 N–H and O–H groups in total. The smallest absolute Gasteiger partial charge is 0.182 e. The summed E-state index contributed by atoms with van der Waals surface area (Å²) in [7, 11) is 0. The third-order valence-electron chi connectivity index (χ3n) is 28.8. The minimum absolute atomic E-state index is 0. The number of nitrogens with zero attached hydrogens (tertiary/aromatic N) is 2. The SMILES string of the molecule is C#CC#CC#CC#COc1cc2c(cc1OCCCCCCCC)-c1cc(OCCCCCCCC)c(OCCCCCCCC)cc1C21c2cc(C)ccc2-c2ccc(-c3ccc4c(c3)C(c3ccc(OCCCCCCCC)cc3)(c3ccc(OCCCCCCCC)cc3)c3cc(-c5ccc6c(c5)Oc5cc(C)ccc5N6CCCCCC(O)CC(C)O)ccc3-4)cc21.[Ir].[c-]1ccccc1-c1ccccn1. The zero-order valence-corrected chi connectivity index (χ0v) is 89.0. The number of aliphatic hydroxyl groups excluding tert-OH is 2. The molecule has 4 aliphatic rings. The summed E-state index contributed by atoms with van der Waals surface area (Å²) in [5.41, 5.74) is 24.6. The van der Waals surface area contributed by atoms with Gasteiger partial charge in [-0.1, -0.05) is 317 Å². The van der Waals surface area contributed by atoms with Crippen LogP contribution in [-0.2, 0) is 30.9 Å². The Balaban J connectivity index is 0.00000117. The van der Waals surface area contributed by atoms with Gasteiger partial charge in [0.2, 0.25) is 0 Å². The second kappa shape index (κ2) is 55.2. The molecule has 3 aliphatic carbocycles. The Kier molecular flexibility index (Phi) is 41.2. The predicted octanol–water partition coefficient (Wildman–Crippen LogP) is 33.5. The third-order valence-corrected chi connectivity index (χ3v) is 28.8. The van der Waals surface area contributed by atoms with Crippen LogP contribution in [0.1, 0.15) is 322 Å². The van der Waals surface area contributed by atoms with Crippen molar-refractivity contribution in [2.45, 2.75) is 303 Å². The van der Waals surface area contributed by atoms with Crippen molar-refractivity contribution in [3.63, 3.8) is 0 Å². The number of hydrogen-bond donors (Lipinski definition) is 2. The van der Waals surface area contributed by atoms with Crippen LogP contribution < -0.4 is 38.1 Å². The van der Waals surface area contributed by atoms with Gasteiger partial charge in [0.1, 0.15) is 17.6 Å². The molecule has 1 spiro atoms. The number of unbranched alkanes of at least 4 members (excludes halogenated alkanes) is 27. The summed E-state index contributed by atoms with van der Waals surface area (Å²) >= 11 is 0. The number of aromatic nitrogens is 1. The molecule has 11 aromatic carbocycles. The average molecular weight is 2100 g/mol. The minimum Gasteiger partial charge on any atom is -0.494 e. The molecule has 0 bridgehead atoms. The van der Waals surface area contributed by atoms with Gasteiger partial charge in [-0.15, -0.1) is 42.3 Å². The second-order valence-corrected chi connectivity index (χ2v) is 39.6. The summed E-state index contributed by atoms with van der Waals surface area (Å²) in [5.74, 6) is 22.2. The molecule has 144 heavy (non-hydrogen) atoms. The Morgan fingerprint density at radius 2 is 0.778 bits per heavy atom. The molecule has 1 radical (unpaired) electrons. The van der Waals surface area contributed by atoms with Crippen LogP contribution in [0, 0.1) is 68.0 Å². The normalized spacial score (nSPS) is 13.5. The molecule has 11 nitrogen and oxygen atoms in total. The first-order valence-corrected chi connectivity index (χ1v) is 54.2. The molecular weight excluding hydrogens is 1950 g/mol. The molecule has 1 aliphatic heterocycles. The number of rotatable bonds is 54. The number of hydrogen-bond acceptors (Lipinski definition) is 11. The molecule has 0 saturated heterocycles. The Labute approximate surface area is 874 Å². The third kappa shape index (κ3) is 26.7. The van der Waals surface area contributed by atoms with Crippen molar-refractivity contribution in [2.75, 3.05) is 44.5 Å². The van der Waals surface area contributed by atoms with Crippen LogP contribution in [0.4, 0.5) is 11.4 Å². The first-order valence-electron chi connectivity index (χ1n) is 54.2. The topological polar surface area (TPSA) is 121 Å². The van der Waals surface area contributed by atoms with Gasteiger partial charge < -0.3 is 53.3 Å². The Morgan fingerprint density at radius 3 is 1.27 bits per heavy atom. The fourth-order valence-corrected chi connectivity index (χ4v) is 21.4.